The van der Waals surface area contributed by atoms with Crippen molar-refractivity contribution in [2.75, 3.05) is 13.2 Å². The van der Waals surface area contributed by atoms with Gasteiger partial charge in [0, 0.05) is 0 Å². The highest BCUT2D eigenvalue weighted by molar-refractivity contribution is 5.79. The van der Waals surface area contributed by atoms with Crippen molar-refractivity contribution >= 4 is 11.9 Å². The Labute approximate surface area is 110 Å². The molecule has 0 aliphatic rings. The molecule has 1 atom stereocenters. The molecule has 0 saturated heterocycles. The second kappa shape index (κ2) is 11.1. The Bertz CT molecular complexity index is 238. The van der Waals surface area contributed by atoms with Crippen LogP contribution in [0.2, 0.25) is 0 Å². The fourth-order valence-electron chi connectivity index (χ4n) is 1.55. The highest BCUT2D eigenvalue weighted by atomic mass is 16.5. The minimum Gasteiger partial charge on any atom is -0.466 e. The zero-order valence-corrected chi connectivity index (χ0v) is 11.9. The highest BCUT2D eigenvalue weighted by Gasteiger charge is 2.23. The van der Waals surface area contributed by atoms with E-state index in [2.05, 4.69) is 6.92 Å². The Morgan fingerprint density at radius 3 is 2.11 bits per heavy atom. The van der Waals surface area contributed by atoms with Crippen LogP contribution in [0, 0.1) is 5.92 Å². The molecule has 4 nitrogen and oxygen atoms in total. The van der Waals surface area contributed by atoms with Gasteiger partial charge in [0.15, 0.2) is 0 Å². The fourth-order valence-corrected chi connectivity index (χ4v) is 1.55. The van der Waals surface area contributed by atoms with Crippen molar-refractivity contribution in [3.05, 3.63) is 0 Å². The van der Waals surface area contributed by atoms with Crippen LogP contribution < -0.4 is 0 Å². The van der Waals surface area contributed by atoms with Gasteiger partial charge in [0.25, 0.3) is 0 Å². The molecule has 0 heterocycles. The molecular formula is C14H26O4. The minimum atomic E-state index is -0.346. The maximum atomic E-state index is 11.8. The third kappa shape index (κ3) is 8.09. The van der Waals surface area contributed by atoms with Gasteiger partial charge in [0.1, 0.15) is 0 Å². The minimum absolute atomic E-state index is 0.141. The summed E-state index contributed by atoms with van der Waals surface area (Å²) in [6.45, 7) is 6.79. The highest BCUT2D eigenvalue weighted by Crippen LogP contribution is 2.16. The van der Waals surface area contributed by atoms with Crippen molar-refractivity contribution in [1.82, 2.24) is 0 Å². The number of carbonyl (C=O) groups is 2. The summed E-state index contributed by atoms with van der Waals surface area (Å²) in [6.07, 6.45) is 4.36. The maximum absolute atomic E-state index is 11.8. The van der Waals surface area contributed by atoms with Gasteiger partial charge in [-0.15, -0.1) is 0 Å². The average molecular weight is 258 g/mol. The molecule has 0 fully saturated rings. The summed E-state index contributed by atoms with van der Waals surface area (Å²) < 4.78 is 10.1. The lowest BCUT2D eigenvalue weighted by Gasteiger charge is -2.14. The maximum Gasteiger partial charge on any atom is 0.309 e. The summed E-state index contributed by atoms with van der Waals surface area (Å²) >= 11 is 0. The standard InChI is InChI=1S/C14H26O4/c1-4-7-8-12(14(16)18-10-6-3)11-13(15)17-9-5-2/h12H,4-11H2,1-3H3. The first-order chi connectivity index (χ1) is 8.65. The lowest BCUT2D eigenvalue weighted by Crippen LogP contribution is -2.22. The molecular weight excluding hydrogens is 232 g/mol. The van der Waals surface area contributed by atoms with Gasteiger partial charge < -0.3 is 9.47 Å². The summed E-state index contributed by atoms with van der Waals surface area (Å²) in [5.41, 5.74) is 0. The molecule has 0 aromatic carbocycles. The van der Waals surface area contributed by atoms with Gasteiger partial charge in [-0.2, -0.15) is 0 Å². The van der Waals surface area contributed by atoms with Crippen molar-refractivity contribution in [1.29, 1.82) is 0 Å². The van der Waals surface area contributed by atoms with E-state index in [9.17, 15) is 9.59 Å². The van der Waals surface area contributed by atoms with Crippen molar-refractivity contribution in [2.45, 2.75) is 59.3 Å². The van der Waals surface area contributed by atoms with Crippen LogP contribution in [0.4, 0.5) is 0 Å². The Morgan fingerprint density at radius 1 is 0.944 bits per heavy atom. The van der Waals surface area contributed by atoms with E-state index in [1.54, 1.807) is 0 Å². The van der Waals surface area contributed by atoms with Crippen LogP contribution in [-0.4, -0.2) is 25.2 Å². The zero-order valence-electron chi connectivity index (χ0n) is 11.9. The third-order valence-corrected chi connectivity index (χ3v) is 2.57. The molecule has 0 spiro atoms. The molecule has 0 bridgehead atoms. The van der Waals surface area contributed by atoms with Gasteiger partial charge >= 0.3 is 11.9 Å². The number of carbonyl (C=O) groups excluding carboxylic acids is 2. The van der Waals surface area contributed by atoms with Crippen LogP contribution in [0.15, 0.2) is 0 Å². The molecule has 18 heavy (non-hydrogen) atoms. The van der Waals surface area contributed by atoms with E-state index in [-0.39, 0.29) is 24.3 Å². The van der Waals surface area contributed by atoms with Crippen LogP contribution in [0.5, 0.6) is 0 Å². The Balaban J connectivity index is 4.19. The van der Waals surface area contributed by atoms with Gasteiger partial charge in [-0.3, -0.25) is 9.59 Å². The van der Waals surface area contributed by atoms with Crippen molar-refractivity contribution in [3.8, 4) is 0 Å². The summed E-state index contributed by atoms with van der Waals surface area (Å²) in [7, 11) is 0. The molecule has 0 N–H and O–H groups in total. The van der Waals surface area contributed by atoms with Crippen LogP contribution in [-0.2, 0) is 19.1 Å². The van der Waals surface area contributed by atoms with Gasteiger partial charge in [-0.25, -0.2) is 0 Å². The van der Waals surface area contributed by atoms with E-state index >= 15 is 0 Å². The van der Waals surface area contributed by atoms with Gasteiger partial charge in [-0.05, 0) is 19.3 Å². The third-order valence-electron chi connectivity index (χ3n) is 2.57. The molecule has 0 aromatic heterocycles. The Morgan fingerprint density at radius 2 is 1.56 bits per heavy atom. The number of esters is 2. The van der Waals surface area contributed by atoms with Crippen LogP contribution in [0.1, 0.15) is 59.3 Å². The Kier molecular flexibility index (Phi) is 10.4. The molecule has 0 saturated carbocycles. The molecule has 0 aliphatic carbocycles. The Hall–Kier alpha value is -1.06. The predicted octanol–water partition coefficient (Wildman–Crippen LogP) is 3.09. The number of hydrogen-bond acceptors (Lipinski definition) is 4. The van der Waals surface area contributed by atoms with Crippen LogP contribution in [0.25, 0.3) is 0 Å². The van der Waals surface area contributed by atoms with Gasteiger partial charge in [0.05, 0.1) is 25.6 Å². The quantitative estimate of drug-likeness (QED) is 0.565. The molecule has 0 amide bonds. The van der Waals surface area contributed by atoms with E-state index in [4.69, 9.17) is 9.47 Å². The van der Waals surface area contributed by atoms with Gasteiger partial charge in [-0.1, -0.05) is 33.6 Å². The summed E-state index contributed by atoms with van der Waals surface area (Å²) in [5.74, 6) is -0.911. The topological polar surface area (TPSA) is 52.6 Å². The summed E-state index contributed by atoms with van der Waals surface area (Å²) in [6, 6.07) is 0. The largest absolute Gasteiger partial charge is 0.466 e. The normalized spacial score (nSPS) is 11.9. The van der Waals surface area contributed by atoms with Gasteiger partial charge in [0.2, 0.25) is 0 Å². The molecule has 1 unspecified atom stereocenters. The van der Waals surface area contributed by atoms with E-state index < -0.39 is 0 Å². The second-order valence-electron chi connectivity index (χ2n) is 4.43. The summed E-state index contributed by atoms with van der Waals surface area (Å²) in [4.78, 5) is 23.3. The van der Waals surface area contributed by atoms with E-state index in [1.807, 2.05) is 13.8 Å². The predicted molar refractivity (Wildman–Crippen MR) is 70.1 cm³/mol. The summed E-state index contributed by atoms with van der Waals surface area (Å²) in [5, 5.41) is 0. The lowest BCUT2D eigenvalue weighted by atomic mass is 9.99. The zero-order chi connectivity index (χ0) is 13.8. The monoisotopic (exact) mass is 258 g/mol. The SMILES string of the molecule is CCCCC(CC(=O)OCCC)C(=O)OCCC. The number of rotatable bonds is 10. The second-order valence-corrected chi connectivity index (χ2v) is 4.43. The molecule has 0 aliphatic heterocycles. The lowest BCUT2D eigenvalue weighted by molar-refractivity contribution is -0.155. The first kappa shape index (κ1) is 16.9. The fraction of sp³-hybridized carbons (Fsp3) is 0.857. The molecule has 0 rings (SSSR count). The molecule has 4 heteroatoms. The molecule has 0 aromatic rings. The average Bonchev–Trinajstić information content (AvgIpc) is 2.38. The van der Waals surface area contributed by atoms with Crippen LogP contribution >= 0.6 is 0 Å². The number of hydrogen-bond donors (Lipinski definition) is 0. The first-order valence-corrected chi connectivity index (χ1v) is 6.97. The van der Waals surface area contributed by atoms with Crippen LogP contribution in [0.3, 0.4) is 0 Å². The molecule has 106 valence electrons. The van der Waals surface area contributed by atoms with E-state index in [0.29, 0.717) is 19.6 Å². The van der Waals surface area contributed by atoms with E-state index in [1.165, 1.54) is 0 Å². The number of ether oxygens (including phenoxy) is 2. The van der Waals surface area contributed by atoms with Crippen molar-refractivity contribution in [3.63, 3.8) is 0 Å². The smallest absolute Gasteiger partial charge is 0.309 e. The van der Waals surface area contributed by atoms with Crippen molar-refractivity contribution in [2.24, 2.45) is 5.92 Å². The molecule has 0 radical (unpaired) electrons. The van der Waals surface area contributed by atoms with E-state index in [0.717, 1.165) is 25.7 Å². The van der Waals surface area contributed by atoms with Crippen molar-refractivity contribution < 1.29 is 19.1 Å². The first-order valence-electron chi connectivity index (χ1n) is 6.97. The number of unbranched alkanes of at least 4 members (excludes halogenated alkanes) is 1.